The van der Waals surface area contributed by atoms with E-state index < -0.39 is 12.1 Å². The molecule has 0 aromatic heterocycles. The van der Waals surface area contributed by atoms with Gasteiger partial charge in [-0.2, -0.15) is 0 Å². The molecule has 1 aliphatic rings. The zero-order valence-electron chi connectivity index (χ0n) is 25.1. The van der Waals surface area contributed by atoms with Crippen LogP contribution in [-0.2, 0) is 4.74 Å². The Morgan fingerprint density at radius 2 is 1.86 bits per heavy atom. The molecule has 0 saturated heterocycles. The number of hydrogen-bond acceptors (Lipinski definition) is 6. The molecule has 3 aromatic carbocycles. The van der Waals surface area contributed by atoms with E-state index in [0.29, 0.717) is 42.4 Å². The lowest BCUT2D eigenvalue weighted by Gasteiger charge is -2.34. The van der Waals surface area contributed by atoms with Crippen molar-refractivity contribution < 1.29 is 24.2 Å². The van der Waals surface area contributed by atoms with Crippen LogP contribution in [0.15, 0.2) is 60.7 Å². The van der Waals surface area contributed by atoms with Crippen molar-refractivity contribution in [1.82, 2.24) is 10.2 Å². The SMILES string of the molecule is CNC[C@@H]1OCCCC[C@H](C)Oc2ccc(NC(=O)Nc3cccc4ccccc34)cc2C(=O)N([C@@H](C)CO)C[C@H]1C. The van der Waals surface area contributed by atoms with Gasteiger partial charge in [-0.15, -0.1) is 0 Å². The van der Waals surface area contributed by atoms with Crippen molar-refractivity contribution in [3.05, 3.63) is 66.2 Å². The molecule has 9 nitrogen and oxygen atoms in total. The fourth-order valence-corrected chi connectivity index (χ4v) is 5.31. The van der Waals surface area contributed by atoms with Crippen molar-refractivity contribution in [2.24, 2.45) is 5.92 Å². The van der Waals surface area contributed by atoms with Gasteiger partial charge in [-0.25, -0.2) is 4.79 Å². The number of ether oxygens (including phenoxy) is 2. The molecular weight excluding hydrogens is 532 g/mol. The summed E-state index contributed by atoms with van der Waals surface area (Å²) in [5.74, 6) is 0.189. The van der Waals surface area contributed by atoms with Crippen LogP contribution in [0.5, 0.6) is 5.75 Å². The summed E-state index contributed by atoms with van der Waals surface area (Å²) in [4.78, 5) is 28.9. The number of anilines is 2. The van der Waals surface area contributed by atoms with Crippen LogP contribution in [0.25, 0.3) is 10.8 Å². The lowest BCUT2D eigenvalue weighted by Crippen LogP contribution is -2.47. The third-order valence-corrected chi connectivity index (χ3v) is 7.75. The van der Waals surface area contributed by atoms with Gasteiger partial charge in [0.25, 0.3) is 5.91 Å². The van der Waals surface area contributed by atoms with Gasteiger partial charge in [0.15, 0.2) is 0 Å². The van der Waals surface area contributed by atoms with Crippen molar-refractivity contribution in [2.75, 3.05) is 44.0 Å². The van der Waals surface area contributed by atoms with Crippen LogP contribution >= 0.6 is 0 Å². The maximum Gasteiger partial charge on any atom is 0.323 e. The van der Waals surface area contributed by atoms with E-state index in [4.69, 9.17) is 9.47 Å². The highest BCUT2D eigenvalue weighted by atomic mass is 16.5. The quantitative estimate of drug-likeness (QED) is 0.308. The largest absolute Gasteiger partial charge is 0.490 e. The fourth-order valence-electron chi connectivity index (χ4n) is 5.31. The maximum atomic E-state index is 14.1. The number of fused-ring (bicyclic) bond motifs is 2. The van der Waals surface area contributed by atoms with E-state index in [2.05, 4.69) is 22.9 Å². The van der Waals surface area contributed by atoms with Crippen LogP contribution < -0.4 is 20.7 Å². The van der Waals surface area contributed by atoms with Crippen LogP contribution in [-0.4, -0.2) is 73.5 Å². The summed E-state index contributed by atoms with van der Waals surface area (Å²) < 4.78 is 12.5. The van der Waals surface area contributed by atoms with Crippen LogP contribution in [0.4, 0.5) is 16.2 Å². The van der Waals surface area contributed by atoms with E-state index in [-0.39, 0.29) is 30.6 Å². The number of carbonyl (C=O) groups is 2. The van der Waals surface area contributed by atoms with E-state index in [1.54, 1.807) is 23.1 Å². The maximum absolute atomic E-state index is 14.1. The van der Waals surface area contributed by atoms with Gasteiger partial charge in [0.1, 0.15) is 5.75 Å². The third-order valence-electron chi connectivity index (χ3n) is 7.75. The van der Waals surface area contributed by atoms with Crippen LogP contribution in [0.3, 0.4) is 0 Å². The van der Waals surface area contributed by atoms with E-state index >= 15 is 0 Å². The Morgan fingerprint density at radius 1 is 1.07 bits per heavy atom. The van der Waals surface area contributed by atoms with Gasteiger partial charge in [-0.1, -0.05) is 43.3 Å². The number of rotatable bonds is 6. The average Bonchev–Trinajstić information content (AvgIpc) is 2.98. The number of nitrogens with zero attached hydrogens (tertiary/aromatic N) is 1. The monoisotopic (exact) mass is 576 g/mol. The van der Waals surface area contributed by atoms with Gasteiger partial charge < -0.3 is 35.4 Å². The number of amides is 3. The average molecular weight is 577 g/mol. The summed E-state index contributed by atoms with van der Waals surface area (Å²) in [7, 11) is 1.89. The molecule has 0 spiro atoms. The molecule has 1 aliphatic heterocycles. The number of carbonyl (C=O) groups excluding carboxylic acids is 2. The van der Waals surface area contributed by atoms with E-state index in [9.17, 15) is 14.7 Å². The third kappa shape index (κ3) is 8.00. The van der Waals surface area contributed by atoms with Gasteiger partial charge in [-0.3, -0.25) is 4.79 Å². The Balaban J connectivity index is 1.63. The Bertz CT molecular complexity index is 1340. The molecule has 0 unspecified atom stereocenters. The Morgan fingerprint density at radius 3 is 2.64 bits per heavy atom. The molecule has 0 saturated carbocycles. The highest BCUT2D eigenvalue weighted by Crippen LogP contribution is 2.29. The summed E-state index contributed by atoms with van der Waals surface area (Å²) in [5, 5.41) is 21.0. The minimum atomic E-state index is -0.431. The molecule has 1 heterocycles. The number of aliphatic hydroxyl groups is 1. The zero-order chi connectivity index (χ0) is 30.1. The van der Waals surface area contributed by atoms with Crippen molar-refractivity contribution >= 4 is 34.1 Å². The molecule has 0 radical (unpaired) electrons. The minimum absolute atomic E-state index is 0.00872. The van der Waals surface area contributed by atoms with Crippen molar-refractivity contribution in [1.29, 1.82) is 0 Å². The predicted octanol–water partition coefficient (Wildman–Crippen LogP) is 5.50. The summed E-state index contributed by atoms with van der Waals surface area (Å²) in [5.41, 5.74) is 1.48. The first-order valence-electron chi connectivity index (χ1n) is 14.8. The predicted molar refractivity (Wildman–Crippen MR) is 167 cm³/mol. The first kappa shape index (κ1) is 31.3. The fraction of sp³-hybridized carbons (Fsp3) is 0.455. The van der Waals surface area contributed by atoms with E-state index in [1.165, 1.54) is 0 Å². The molecule has 42 heavy (non-hydrogen) atoms. The molecule has 3 amide bonds. The van der Waals surface area contributed by atoms with Crippen LogP contribution in [0, 0.1) is 5.92 Å². The number of urea groups is 1. The second kappa shape index (κ2) is 15.0. The van der Waals surface area contributed by atoms with E-state index in [0.717, 1.165) is 30.0 Å². The number of aliphatic hydroxyl groups excluding tert-OH is 1. The Hall–Kier alpha value is -3.66. The van der Waals surface area contributed by atoms with E-state index in [1.807, 2.05) is 63.4 Å². The highest BCUT2D eigenvalue weighted by Gasteiger charge is 2.29. The Kier molecular flexibility index (Phi) is 11.2. The second-order valence-corrected chi connectivity index (χ2v) is 11.2. The second-order valence-electron chi connectivity index (χ2n) is 11.2. The molecule has 4 atom stereocenters. The molecule has 226 valence electrons. The van der Waals surface area contributed by atoms with Gasteiger partial charge in [0, 0.05) is 36.7 Å². The topological polar surface area (TPSA) is 112 Å². The molecule has 0 bridgehead atoms. The summed E-state index contributed by atoms with van der Waals surface area (Å²) in [6.45, 7) is 7.38. The first-order valence-corrected chi connectivity index (χ1v) is 14.8. The molecule has 0 fully saturated rings. The van der Waals surface area contributed by atoms with Crippen LogP contribution in [0.1, 0.15) is 50.4 Å². The van der Waals surface area contributed by atoms with Gasteiger partial charge >= 0.3 is 6.03 Å². The van der Waals surface area contributed by atoms with Gasteiger partial charge in [0.2, 0.25) is 0 Å². The highest BCUT2D eigenvalue weighted by molar-refractivity contribution is 6.07. The standard InChI is InChI=1S/C33H44N4O5/c1-22-20-37(23(2)21-38)32(39)28-18-26(35-33(40)36-29-14-9-12-25-11-5-6-13-27(25)29)15-16-30(28)42-24(3)10-7-8-17-41-31(22)19-34-4/h5-6,9,11-16,18,22-24,31,34,38H,7-8,10,17,19-21H2,1-4H3,(H2,35,36,40)/t22-,23+,24+,31+/m1/s1. The van der Waals surface area contributed by atoms with Gasteiger partial charge in [-0.05, 0) is 69.8 Å². The zero-order valence-corrected chi connectivity index (χ0v) is 25.1. The summed E-state index contributed by atoms with van der Waals surface area (Å²) in [6.07, 6.45) is 2.46. The van der Waals surface area contributed by atoms with Gasteiger partial charge in [0.05, 0.1) is 36.1 Å². The molecule has 0 aliphatic carbocycles. The normalized spacial score (nSPS) is 21.1. The summed E-state index contributed by atoms with van der Waals surface area (Å²) in [6, 6.07) is 17.9. The number of hydrogen-bond donors (Lipinski definition) is 4. The lowest BCUT2D eigenvalue weighted by atomic mass is 10.0. The first-order chi connectivity index (χ1) is 20.3. The minimum Gasteiger partial charge on any atom is -0.490 e. The number of benzene rings is 3. The summed E-state index contributed by atoms with van der Waals surface area (Å²) >= 11 is 0. The molecule has 4 N–H and O–H groups in total. The Labute approximate surface area is 248 Å². The lowest BCUT2D eigenvalue weighted by molar-refractivity contribution is -0.000451. The number of nitrogens with one attached hydrogen (secondary N) is 3. The van der Waals surface area contributed by atoms with Crippen molar-refractivity contribution in [2.45, 2.75) is 58.3 Å². The van der Waals surface area contributed by atoms with Crippen molar-refractivity contribution in [3.63, 3.8) is 0 Å². The number of likely N-dealkylation sites (N-methyl/N-ethyl adjacent to an activating group) is 1. The molecule has 4 rings (SSSR count). The smallest absolute Gasteiger partial charge is 0.323 e. The van der Waals surface area contributed by atoms with Crippen molar-refractivity contribution in [3.8, 4) is 5.75 Å². The molecular formula is C33H44N4O5. The molecule has 3 aromatic rings. The molecule has 9 heteroatoms. The van der Waals surface area contributed by atoms with Crippen LogP contribution in [0.2, 0.25) is 0 Å².